The van der Waals surface area contributed by atoms with Crippen molar-refractivity contribution in [2.24, 2.45) is 11.1 Å². The van der Waals surface area contributed by atoms with E-state index in [0.29, 0.717) is 11.4 Å². The van der Waals surface area contributed by atoms with E-state index in [0.717, 1.165) is 0 Å². The van der Waals surface area contributed by atoms with Crippen LogP contribution in [-0.2, 0) is 0 Å². The van der Waals surface area contributed by atoms with Crippen LogP contribution in [-0.4, -0.2) is 17.3 Å². The lowest BCUT2D eigenvalue weighted by Crippen LogP contribution is -2.27. The summed E-state index contributed by atoms with van der Waals surface area (Å²) in [5.41, 5.74) is 6.48. The zero-order chi connectivity index (χ0) is 14.9. The van der Waals surface area contributed by atoms with E-state index in [4.69, 9.17) is 15.0 Å². The summed E-state index contributed by atoms with van der Waals surface area (Å²) in [5.74, 6) is 0.401. The van der Waals surface area contributed by atoms with Crippen LogP contribution in [0.25, 0.3) is 11.5 Å². The molecule has 0 saturated carbocycles. The van der Waals surface area contributed by atoms with Crippen molar-refractivity contribution in [3.8, 4) is 17.2 Å². The summed E-state index contributed by atoms with van der Waals surface area (Å²) in [4.78, 5) is 4.27. The van der Waals surface area contributed by atoms with Gasteiger partial charge in [0.2, 0.25) is 0 Å². The summed E-state index contributed by atoms with van der Waals surface area (Å²) in [6.07, 6.45) is 0. The third-order valence-corrected chi connectivity index (χ3v) is 3.05. The molecule has 0 fully saturated rings. The molecule has 0 aliphatic heterocycles. The lowest BCUT2D eigenvalue weighted by Gasteiger charge is -2.23. The Morgan fingerprint density at radius 3 is 2.65 bits per heavy atom. The van der Waals surface area contributed by atoms with Crippen LogP contribution < -0.4 is 10.5 Å². The highest BCUT2D eigenvalue weighted by atomic mass is 19.1. The SMILES string of the molecule is COc1cc(-c2nc(C(N)C(C)(C)C)no2)ccc1F. The van der Waals surface area contributed by atoms with Gasteiger partial charge in [0.25, 0.3) is 5.89 Å². The molecule has 0 saturated heterocycles. The quantitative estimate of drug-likeness (QED) is 0.935. The van der Waals surface area contributed by atoms with Crippen molar-refractivity contribution in [2.75, 3.05) is 7.11 Å². The predicted octanol–water partition coefficient (Wildman–Crippen LogP) is 2.93. The molecule has 0 bridgehead atoms. The average Bonchev–Trinajstić information content (AvgIpc) is 2.86. The molecule has 1 atom stereocenters. The van der Waals surface area contributed by atoms with E-state index in [-0.39, 0.29) is 23.1 Å². The Morgan fingerprint density at radius 1 is 1.35 bits per heavy atom. The third kappa shape index (κ3) is 2.80. The molecule has 2 N–H and O–H groups in total. The molecule has 2 rings (SSSR count). The normalized spacial score (nSPS) is 13.3. The molecule has 1 unspecified atom stereocenters. The van der Waals surface area contributed by atoms with Gasteiger partial charge in [-0.25, -0.2) is 4.39 Å². The fraction of sp³-hybridized carbons (Fsp3) is 0.429. The number of nitrogens with zero attached hydrogens (tertiary/aromatic N) is 2. The molecule has 108 valence electrons. The number of nitrogens with two attached hydrogens (primary N) is 1. The molecule has 0 spiro atoms. The van der Waals surface area contributed by atoms with Crippen molar-refractivity contribution in [1.82, 2.24) is 10.1 Å². The van der Waals surface area contributed by atoms with Crippen molar-refractivity contribution in [3.05, 3.63) is 29.8 Å². The number of benzene rings is 1. The van der Waals surface area contributed by atoms with Gasteiger partial charge in [0.15, 0.2) is 17.4 Å². The molecule has 0 amide bonds. The maximum absolute atomic E-state index is 13.4. The first-order valence-electron chi connectivity index (χ1n) is 6.26. The first-order valence-corrected chi connectivity index (χ1v) is 6.26. The molecular formula is C14H18FN3O2. The van der Waals surface area contributed by atoms with Gasteiger partial charge in [-0.2, -0.15) is 4.98 Å². The summed E-state index contributed by atoms with van der Waals surface area (Å²) in [7, 11) is 1.40. The average molecular weight is 279 g/mol. The topological polar surface area (TPSA) is 74.2 Å². The van der Waals surface area contributed by atoms with E-state index in [2.05, 4.69) is 10.1 Å². The zero-order valence-electron chi connectivity index (χ0n) is 12.0. The van der Waals surface area contributed by atoms with Crippen molar-refractivity contribution in [2.45, 2.75) is 26.8 Å². The highest BCUT2D eigenvalue weighted by Gasteiger charge is 2.27. The Hall–Kier alpha value is -1.95. The number of hydrogen-bond donors (Lipinski definition) is 1. The molecule has 5 nitrogen and oxygen atoms in total. The molecule has 1 aromatic heterocycles. The van der Waals surface area contributed by atoms with Gasteiger partial charge in [0, 0.05) is 5.56 Å². The Labute approximate surface area is 116 Å². The smallest absolute Gasteiger partial charge is 0.258 e. The maximum Gasteiger partial charge on any atom is 0.258 e. The summed E-state index contributed by atoms with van der Waals surface area (Å²) in [6, 6.07) is 4.01. The summed E-state index contributed by atoms with van der Waals surface area (Å²) in [6.45, 7) is 5.98. The number of halogens is 1. The van der Waals surface area contributed by atoms with Crippen LogP contribution in [0.2, 0.25) is 0 Å². The number of methoxy groups -OCH3 is 1. The molecular weight excluding hydrogens is 261 g/mol. The Bertz CT molecular complexity index is 605. The van der Waals surface area contributed by atoms with Gasteiger partial charge in [-0.15, -0.1) is 0 Å². The molecule has 2 aromatic rings. The van der Waals surface area contributed by atoms with Gasteiger partial charge in [0.05, 0.1) is 13.2 Å². The van der Waals surface area contributed by atoms with Crippen LogP contribution in [0.4, 0.5) is 4.39 Å². The van der Waals surface area contributed by atoms with E-state index >= 15 is 0 Å². The van der Waals surface area contributed by atoms with Crippen LogP contribution >= 0.6 is 0 Å². The van der Waals surface area contributed by atoms with Gasteiger partial charge >= 0.3 is 0 Å². The standard InChI is InChI=1S/C14H18FN3O2/c1-14(2,3)11(16)12-17-13(20-18-12)8-5-6-9(15)10(7-8)19-4/h5-7,11H,16H2,1-4H3. The van der Waals surface area contributed by atoms with Gasteiger partial charge in [-0.1, -0.05) is 25.9 Å². The lowest BCUT2D eigenvalue weighted by molar-refractivity contribution is 0.303. The number of rotatable bonds is 3. The fourth-order valence-electron chi connectivity index (χ4n) is 1.66. The summed E-state index contributed by atoms with van der Waals surface area (Å²) in [5, 5.41) is 3.89. The number of hydrogen-bond acceptors (Lipinski definition) is 5. The van der Waals surface area contributed by atoms with Gasteiger partial charge in [-0.05, 0) is 23.6 Å². The van der Waals surface area contributed by atoms with E-state index in [1.54, 1.807) is 6.07 Å². The van der Waals surface area contributed by atoms with Crippen LogP contribution in [0.15, 0.2) is 22.7 Å². The van der Waals surface area contributed by atoms with Gasteiger partial charge < -0.3 is 15.0 Å². The van der Waals surface area contributed by atoms with Crippen molar-refractivity contribution >= 4 is 0 Å². The van der Waals surface area contributed by atoms with E-state index in [1.165, 1.54) is 19.2 Å². The lowest BCUT2D eigenvalue weighted by atomic mass is 9.87. The Kier molecular flexibility index (Phi) is 3.76. The monoisotopic (exact) mass is 279 g/mol. The Balaban J connectivity index is 2.34. The molecule has 20 heavy (non-hydrogen) atoms. The molecule has 6 heteroatoms. The first-order chi connectivity index (χ1) is 9.32. The van der Waals surface area contributed by atoms with Crippen LogP contribution in [0, 0.1) is 11.2 Å². The largest absolute Gasteiger partial charge is 0.494 e. The van der Waals surface area contributed by atoms with Crippen molar-refractivity contribution in [3.63, 3.8) is 0 Å². The minimum Gasteiger partial charge on any atom is -0.494 e. The highest BCUT2D eigenvalue weighted by Crippen LogP contribution is 2.31. The second-order valence-corrected chi connectivity index (χ2v) is 5.65. The summed E-state index contributed by atoms with van der Waals surface area (Å²) < 4.78 is 23.5. The minimum atomic E-state index is -0.442. The molecule has 0 aliphatic carbocycles. The third-order valence-electron chi connectivity index (χ3n) is 3.05. The second kappa shape index (κ2) is 5.20. The fourth-order valence-corrected chi connectivity index (χ4v) is 1.66. The van der Waals surface area contributed by atoms with Crippen LogP contribution in [0.1, 0.15) is 32.6 Å². The van der Waals surface area contributed by atoms with Gasteiger partial charge in [0.1, 0.15) is 0 Å². The number of aromatic nitrogens is 2. The molecule has 1 aromatic carbocycles. The van der Waals surface area contributed by atoms with E-state index < -0.39 is 5.82 Å². The van der Waals surface area contributed by atoms with Gasteiger partial charge in [-0.3, -0.25) is 0 Å². The van der Waals surface area contributed by atoms with Crippen molar-refractivity contribution < 1.29 is 13.7 Å². The molecule has 0 radical (unpaired) electrons. The minimum absolute atomic E-state index is 0.127. The molecule has 1 heterocycles. The van der Waals surface area contributed by atoms with E-state index in [9.17, 15) is 4.39 Å². The van der Waals surface area contributed by atoms with E-state index in [1.807, 2.05) is 20.8 Å². The second-order valence-electron chi connectivity index (χ2n) is 5.65. The van der Waals surface area contributed by atoms with Crippen LogP contribution in [0.3, 0.4) is 0 Å². The predicted molar refractivity (Wildman–Crippen MR) is 72.6 cm³/mol. The van der Waals surface area contributed by atoms with Crippen molar-refractivity contribution in [1.29, 1.82) is 0 Å². The summed E-state index contributed by atoms with van der Waals surface area (Å²) >= 11 is 0. The molecule has 0 aliphatic rings. The highest BCUT2D eigenvalue weighted by molar-refractivity contribution is 5.56. The Morgan fingerprint density at radius 2 is 2.05 bits per heavy atom. The first kappa shape index (κ1) is 14.5. The van der Waals surface area contributed by atoms with Crippen LogP contribution in [0.5, 0.6) is 5.75 Å². The zero-order valence-corrected chi connectivity index (χ0v) is 12.0. The maximum atomic E-state index is 13.4. The number of ether oxygens (including phenoxy) is 1.